The molecule has 1 N–H and O–H groups in total. The van der Waals surface area contributed by atoms with E-state index in [0.717, 1.165) is 16.3 Å². The van der Waals surface area contributed by atoms with Crippen LogP contribution in [0.3, 0.4) is 0 Å². The molecular weight excluding hydrogens is 378 g/mol. The minimum Gasteiger partial charge on any atom is -0.260 e. The molecule has 0 fully saturated rings. The SMILES string of the molecule is Cc1cc(C)n(C(CNS(=O)(=O)c2cccc(Cl)c2)c2cccs2)n1. The van der Waals surface area contributed by atoms with Gasteiger partial charge in [0.15, 0.2) is 0 Å². The highest BCUT2D eigenvalue weighted by Crippen LogP contribution is 2.25. The van der Waals surface area contributed by atoms with Crippen molar-refractivity contribution in [3.63, 3.8) is 0 Å². The zero-order valence-electron chi connectivity index (χ0n) is 13.8. The summed E-state index contributed by atoms with van der Waals surface area (Å²) < 4.78 is 29.7. The average molecular weight is 396 g/mol. The van der Waals surface area contributed by atoms with Gasteiger partial charge in [-0.15, -0.1) is 11.3 Å². The van der Waals surface area contributed by atoms with Crippen LogP contribution in [0.2, 0.25) is 5.02 Å². The Balaban J connectivity index is 1.88. The fourth-order valence-corrected chi connectivity index (χ4v) is 4.81. The van der Waals surface area contributed by atoms with Gasteiger partial charge in [0.25, 0.3) is 0 Å². The number of nitrogens with one attached hydrogen (secondary N) is 1. The van der Waals surface area contributed by atoms with E-state index in [1.165, 1.54) is 12.1 Å². The topological polar surface area (TPSA) is 64.0 Å². The Bertz CT molecular complexity index is 966. The van der Waals surface area contributed by atoms with Crippen molar-refractivity contribution in [1.29, 1.82) is 0 Å². The summed E-state index contributed by atoms with van der Waals surface area (Å²) in [5.41, 5.74) is 1.88. The largest absolute Gasteiger partial charge is 0.260 e. The maximum Gasteiger partial charge on any atom is 0.240 e. The highest BCUT2D eigenvalue weighted by Gasteiger charge is 2.22. The molecule has 0 aliphatic carbocycles. The van der Waals surface area contributed by atoms with E-state index in [0.29, 0.717) is 5.02 Å². The molecule has 1 unspecified atom stereocenters. The molecule has 3 aromatic rings. The summed E-state index contributed by atoms with van der Waals surface area (Å²) in [5.74, 6) is 0. The van der Waals surface area contributed by atoms with Crippen LogP contribution in [-0.2, 0) is 10.0 Å². The van der Waals surface area contributed by atoms with E-state index in [4.69, 9.17) is 11.6 Å². The van der Waals surface area contributed by atoms with Crippen molar-refractivity contribution >= 4 is 33.0 Å². The van der Waals surface area contributed by atoms with Crippen LogP contribution >= 0.6 is 22.9 Å². The minimum atomic E-state index is -3.65. The maximum atomic E-state index is 12.6. The van der Waals surface area contributed by atoms with E-state index in [9.17, 15) is 8.42 Å². The lowest BCUT2D eigenvalue weighted by molar-refractivity contribution is 0.499. The fourth-order valence-electron chi connectivity index (χ4n) is 2.66. The Hall–Kier alpha value is -1.67. The van der Waals surface area contributed by atoms with Crippen LogP contribution in [0.1, 0.15) is 22.3 Å². The Kier molecular flexibility index (Phi) is 5.29. The number of rotatable bonds is 6. The van der Waals surface area contributed by atoms with Gasteiger partial charge in [0.05, 0.1) is 16.6 Å². The van der Waals surface area contributed by atoms with Gasteiger partial charge >= 0.3 is 0 Å². The van der Waals surface area contributed by atoms with Gasteiger partial charge in [-0.3, -0.25) is 4.68 Å². The number of halogens is 1. The number of thiophene rings is 1. The zero-order chi connectivity index (χ0) is 18.0. The summed E-state index contributed by atoms with van der Waals surface area (Å²) in [6.45, 7) is 4.09. The molecule has 2 aromatic heterocycles. The molecule has 0 radical (unpaired) electrons. The van der Waals surface area contributed by atoms with Gasteiger partial charge in [-0.1, -0.05) is 23.7 Å². The summed E-state index contributed by atoms with van der Waals surface area (Å²) in [4.78, 5) is 1.19. The maximum absolute atomic E-state index is 12.6. The van der Waals surface area contributed by atoms with E-state index in [1.54, 1.807) is 23.5 Å². The van der Waals surface area contributed by atoms with Crippen molar-refractivity contribution < 1.29 is 8.42 Å². The first-order valence-electron chi connectivity index (χ1n) is 7.68. The predicted molar refractivity (Wildman–Crippen MR) is 101 cm³/mol. The first-order valence-corrected chi connectivity index (χ1v) is 10.4. The highest BCUT2D eigenvalue weighted by atomic mass is 35.5. The molecular formula is C17H18ClN3O2S2. The first-order chi connectivity index (χ1) is 11.9. The van der Waals surface area contributed by atoms with Gasteiger partial charge < -0.3 is 0 Å². The van der Waals surface area contributed by atoms with E-state index in [2.05, 4.69) is 9.82 Å². The third kappa shape index (κ3) is 4.12. The second kappa shape index (κ2) is 7.29. The first kappa shape index (κ1) is 18.1. The summed E-state index contributed by atoms with van der Waals surface area (Å²) in [6.07, 6.45) is 0. The summed E-state index contributed by atoms with van der Waals surface area (Å²) in [7, 11) is -3.65. The van der Waals surface area contributed by atoms with Crippen LogP contribution in [0.4, 0.5) is 0 Å². The Morgan fingerprint density at radius 3 is 2.64 bits per heavy atom. The second-order valence-electron chi connectivity index (χ2n) is 5.71. The molecule has 0 bridgehead atoms. The monoisotopic (exact) mass is 395 g/mol. The lowest BCUT2D eigenvalue weighted by atomic mass is 10.2. The van der Waals surface area contributed by atoms with Crippen LogP contribution < -0.4 is 4.72 Å². The minimum absolute atomic E-state index is 0.151. The molecule has 132 valence electrons. The van der Waals surface area contributed by atoms with Crippen LogP contribution in [0.15, 0.2) is 52.7 Å². The van der Waals surface area contributed by atoms with Crippen LogP contribution in [0.25, 0.3) is 0 Å². The van der Waals surface area contributed by atoms with Crippen LogP contribution in [0, 0.1) is 13.8 Å². The molecule has 5 nitrogen and oxygen atoms in total. The van der Waals surface area contributed by atoms with Gasteiger partial charge in [0, 0.05) is 22.1 Å². The number of benzene rings is 1. The lowest BCUT2D eigenvalue weighted by Crippen LogP contribution is -2.32. The lowest BCUT2D eigenvalue weighted by Gasteiger charge is -2.19. The molecule has 0 spiro atoms. The molecule has 1 atom stereocenters. The quantitative estimate of drug-likeness (QED) is 0.690. The van der Waals surface area contributed by atoms with Gasteiger partial charge in [-0.05, 0) is 49.6 Å². The summed E-state index contributed by atoms with van der Waals surface area (Å²) >= 11 is 7.49. The van der Waals surface area contributed by atoms with Gasteiger partial charge in [-0.2, -0.15) is 5.10 Å². The van der Waals surface area contributed by atoms with Crippen molar-refractivity contribution in [3.8, 4) is 0 Å². The van der Waals surface area contributed by atoms with E-state index < -0.39 is 10.0 Å². The molecule has 0 aliphatic heterocycles. The fraction of sp³-hybridized carbons (Fsp3) is 0.235. The number of hydrogen-bond donors (Lipinski definition) is 1. The average Bonchev–Trinajstić information content (AvgIpc) is 3.18. The van der Waals surface area contributed by atoms with E-state index >= 15 is 0 Å². The van der Waals surface area contributed by atoms with E-state index in [1.807, 2.05) is 42.1 Å². The summed E-state index contributed by atoms with van der Waals surface area (Å²) in [6, 6.07) is 11.9. The van der Waals surface area contributed by atoms with Crippen molar-refractivity contribution in [2.45, 2.75) is 24.8 Å². The van der Waals surface area contributed by atoms with Crippen molar-refractivity contribution in [1.82, 2.24) is 14.5 Å². The zero-order valence-corrected chi connectivity index (χ0v) is 16.2. The molecule has 2 heterocycles. The third-order valence-electron chi connectivity index (χ3n) is 3.78. The number of nitrogens with zero attached hydrogens (tertiary/aromatic N) is 2. The summed E-state index contributed by atoms with van der Waals surface area (Å²) in [5, 5.41) is 6.88. The molecule has 1 aromatic carbocycles. The molecule has 0 amide bonds. The van der Waals surface area contributed by atoms with Gasteiger partial charge in [0.2, 0.25) is 10.0 Å². The predicted octanol–water partition coefficient (Wildman–Crippen LogP) is 3.78. The van der Waals surface area contributed by atoms with Crippen molar-refractivity contribution in [3.05, 3.63) is 69.1 Å². The number of aryl methyl sites for hydroxylation is 2. The highest BCUT2D eigenvalue weighted by molar-refractivity contribution is 7.89. The molecule has 0 aliphatic rings. The molecule has 0 saturated heterocycles. The van der Waals surface area contributed by atoms with E-state index in [-0.39, 0.29) is 17.5 Å². The standard InChI is InChI=1S/C17H18ClN3O2S2/c1-12-9-13(2)21(20-12)16(17-7-4-8-24-17)11-19-25(22,23)15-6-3-5-14(18)10-15/h3-10,16,19H,11H2,1-2H3. The number of sulfonamides is 1. The third-order valence-corrected chi connectivity index (χ3v) is 6.41. The van der Waals surface area contributed by atoms with Crippen LogP contribution in [-0.4, -0.2) is 24.7 Å². The molecule has 3 rings (SSSR count). The number of hydrogen-bond acceptors (Lipinski definition) is 4. The number of aromatic nitrogens is 2. The molecule has 0 saturated carbocycles. The molecule has 25 heavy (non-hydrogen) atoms. The Labute approximate surface area is 156 Å². The van der Waals surface area contributed by atoms with Crippen molar-refractivity contribution in [2.24, 2.45) is 0 Å². The Morgan fingerprint density at radius 2 is 2.04 bits per heavy atom. The molecule has 8 heteroatoms. The van der Waals surface area contributed by atoms with Gasteiger partial charge in [0.1, 0.15) is 0 Å². The van der Waals surface area contributed by atoms with Crippen molar-refractivity contribution in [2.75, 3.05) is 6.54 Å². The second-order valence-corrected chi connectivity index (χ2v) is 8.89. The normalized spacial score (nSPS) is 13.1. The smallest absolute Gasteiger partial charge is 0.240 e. The van der Waals surface area contributed by atoms with Crippen LogP contribution in [0.5, 0.6) is 0 Å². The Morgan fingerprint density at radius 1 is 1.24 bits per heavy atom. The van der Waals surface area contributed by atoms with Gasteiger partial charge in [-0.25, -0.2) is 13.1 Å².